The van der Waals surface area contributed by atoms with Crippen molar-refractivity contribution in [2.24, 2.45) is 5.73 Å². The van der Waals surface area contributed by atoms with Crippen LogP contribution in [0.2, 0.25) is 0 Å². The molecule has 0 saturated carbocycles. The third kappa shape index (κ3) is 2.22. The van der Waals surface area contributed by atoms with E-state index in [9.17, 15) is 15.3 Å². The molecule has 15 heavy (non-hydrogen) atoms. The molecule has 1 aromatic carbocycles. The summed E-state index contributed by atoms with van der Waals surface area (Å²) in [5.74, 6) is -2.32. The van der Waals surface area contributed by atoms with Gasteiger partial charge in [-0.25, -0.2) is 0 Å². The minimum atomic E-state index is -0.689. The highest BCUT2D eigenvalue weighted by Gasteiger charge is 2.16. The topological polar surface area (TPSA) is 131 Å². The highest BCUT2D eigenvalue weighted by Crippen LogP contribution is 2.42. The second-order valence-corrected chi connectivity index (χ2v) is 3.12. The zero-order valence-electron chi connectivity index (χ0n) is 7.86. The number of amidine groups is 1. The quantitative estimate of drug-likeness (QED) is 0.186. The van der Waals surface area contributed by atoms with Crippen LogP contribution >= 0.6 is 0 Å². The number of phenols is 4. The third-order valence-corrected chi connectivity index (χ3v) is 1.98. The monoisotopic (exact) mass is 212 g/mol. The number of hydrogen-bond donors (Lipinski definition) is 6. The predicted octanol–water partition coefficient (Wildman–Crippen LogP) is 0.378. The van der Waals surface area contributed by atoms with Gasteiger partial charge in [-0.3, -0.25) is 5.41 Å². The zero-order valence-corrected chi connectivity index (χ0v) is 7.86. The molecular weight excluding hydrogens is 200 g/mol. The van der Waals surface area contributed by atoms with Gasteiger partial charge in [-0.2, -0.15) is 0 Å². The van der Waals surface area contributed by atoms with Gasteiger partial charge in [0.05, 0.1) is 5.84 Å². The lowest BCUT2D eigenvalue weighted by molar-refractivity contribution is 0.356. The van der Waals surface area contributed by atoms with Crippen LogP contribution in [0.5, 0.6) is 23.0 Å². The van der Waals surface area contributed by atoms with Crippen molar-refractivity contribution in [3.05, 3.63) is 11.6 Å². The van der Waals surface area contributed by atoms with E-state index in [0.29, 0.717) is 0 Å². The van der Waals surface area contributed by atoms with E-state index in [4.69, 9.17) is 16.2 Å². The van der Waals surface area contributed by atoms with Gasteiger partial charge in [-0.1, -0.05) is 0 Å². The van der Waals surface area contributed by atoms with Crippen molar-refractivity contribution in [3.63, 3.8) is 0 Å². The molecule has 6 nitrogen and oxygen atoms in total. The van der Waals surface area contributed by atoms with Crippen LogP contribution < -0.4 is 5.73 Å². The molecule has 1 aromatic rings. The van der Waals surface area contributed by atoms with Crippen molar-refractivity contribution in [1.29, 1.82) is 5.41 Å². The fraction of sp³-hybridized carbons (Fsp3) is 0.222. The Hall–Kier alpha value is -2.11. The first-order valence-corrected chi connectivity index (χ1v) is 4.22. The van der Waals surface area contributed by atoms with Crippen LogP contribution in [0, 0.1) is 5.41 Å². The summed E-state index contributed by atoms with van der Waals surface area (Å²) in [6.07, 6.45) is 0.256. The number of nitrogens with one attached hydrogen (secondary N) is 1. The molecule has 0 heterocycles. The van der Waals surface area contributed by atoms with Gasteiger partial charge in [0.1, 0.15) is 5.75 Å². The summed E-state index contributed by atoms with van der Waals surface area (Å²) >= 11 is 0. The van der Waals surface area contributed by atoms with E-state index in [1.54, 1.807) is 0 Å². The molecule has 0 amide bonds. The summed E-state index contributed by atoms with van der Waals surface area (Å²) in [7, 11) is 0. The molecule has 0 fully saturated rings. The summed E-state index contributed by atoms with van der Waals surface area (Å²) in [6, 6.07) is 0.921. The summed E-state index contributed by atoms with van der Waals surface area (Å²) in [5, 5.41) is 44.0. The molecule has 0 bridgehead atoms. The lowest BCUT2D eigenvalue weighted by atomic mass is 10.1. The Balaban J connectivity index is 3.07. The molecule has 7 N–H and O–H groups in total. The fourth-order valence-corrected chi connectivity index (χ4v) is 1.18. The van der Waals surface area contributed by atoms with E-state index in [1.807, 2.05) is 0 Å². The highest BCUT2D eigenvalue weighted by molar-refractivity contribution is 5.77. The smallest absolute Gasteiger partial charge is 0.200 e. The molecule has 0 atom stereocenters. The van der Waals surface area contributed by atoms with Crippen LogP contribution in [-0.4, -0.2) is 26.3 Å². The average molecular weight is 212 g/mol. The average Bonchev–Trinajstić information content (AvgIpc) is 2.14. The Morgan fingerprint density at radius 1 is 1.13 bits per heavy atom. The Labute approximate surface area is 85.7 Å². The van der Waals surface area contributed by atoms with Crippen LogP contribution in [0.4, 0.5) is 0 Å². The standard InChI is InChI=1S/C9H12N2O4/c10-7(11)2-1-4-5(12)3-6(13)9(15)8(4)14/h3,12-15H,1-2H2,(H3,10,11). The molecule has 0 radical (unpaired) electrons. The molecule has 0 saturated heterocycles. The van der Waals surface area contributed by atoms with E-state index in [0.717, 1.165) is 6.07 Å². The normalized spacial score (nSPS) is 10.1. The summed E-state index contributed by atoms with van der Waals surface area (Å²) in [4.78, 5) is 0. The third-order valence-electron chi connectivity index (χ3n) is 1.98. The van der Waals surface area contributed by atoms with Gasteiger partial charge < -0.3 is 26.2 Å². The van der Waals surface area contributed by atoms with Crippen molar-refractivity contribution < 1.29 is 20.4 Å². The van der Waals surface area contributed by atoms with Gasteiger partial charge in [0.15, 0.2) is 11.5 Å². The van der Waals surface area contributed by atoms with Crippen molar-refractivity contribution in [1.82, 2.24) is 0 Å². The number of phenolic OH excluding ortho intramolecular Hbond substituents is 4. The first-order chi connectivity index (χ1) is 6.93. The van der Waals surface area contributed by atoms with Crippen molar-refractivity contribution >= 4 is 5.84 Å². The molecule has 0 unspecified atom stereocenters. The van der Waals surface area contributed by atoms with Crippen LogP contribution in [-0.2, 0) is 6.42 Å². The maximum atomic E-state index is 9.39. The lowest BCUT2D eigenvalue weighted by Gasteiger charge is -2.09. The van der Waals surface area contributed by atoms with Gasteiger partial charge in [0, 0.05) is 18.1 Å². The number of hydrogen-bond acceptors (Lipinski definition) is 5. The second kappa shape index (κ2) is 3.95. The van der Waals surface area contributed by atoms with Gasteiger partial charge >= 0.3 is 0 Å². The lowest BCUT2D eigenvalue weighted by Crippen LogP contribution is -2.10. The second-order valence-electron chi connectivity index (χ2n) is 3.12. The molecular formula is C9H12N2O4. The maximum Gasteiger partial charge on any atom is 0.200 e. The molecule has 0 spiro atoms. The molecule has 6 heteroatoms. The highest BCUT2D eigenvalue weighted by atomic mass is 16.3. The van der Waals surface area contributed by atoms with Gasteiger partial charge in [0.2, 0.25) is 5.75 Å². The van der Waals surface area contributed by atoms with E-state index in [-0.39, 0.29) is 30.0 Å². The Morgan fingerprint density at radius 3 is 2.27 bits per heavy atom. The predicted molar refractivity (Wildman–Crippen MR) is 53.3 cm³/mol. The first kappa shape index (κ1) is 11.0. The Kier molecular flexibility index (Phi) is 2.89. The minimum absolute atomic E-state index is 0.0560. The van der Waals surface area contributed by atoms with E-state index < -0.39 is 17.2 Å². The number of benzene rings is 1. The summed E-state index contributed by atoms with van der Waals surface area (Å²) < 4.78 is 0. The molecule has 0 aliphatic carbocycles. The van der Waals surface area contributed by atoms with Gasteiger partial charge in [-0.05, 0) is 6.42 Å². The van der Waals surface area contributed by atoms with Crippen LogP contribution in [0.25, 0.3) is 0 Å². The fourth-order valence-electron chi connectivity index (χ4n) is 1.18. The molecule has 1 rings (SSSR count). The molecule has 82 valence electrons. The summed E-state index contributed by atoms with van der Waals surface area (Å²) in [6.45, 7) is 0. The Bertz CT molecular complexity index is 404. The van der Waals surface area contributed by atoms with Crippen molar-refractivity contribution in [3.8, 4) is 23.0 Å². The van der Waals surface area contributed by atoms with E-state index >= 15 is 0 Å². The Morgan fingerprint density at radius 2 is 1.73 bits per heavy atom. The van der Waals surface area contributed by atoms with Crippen LogP contribution in [0.1, 0.15) is 12.0 Å². The molecule has 0 aliphatic heterocycles. The first-order valence-electron chi connectivity index (χ1n) is 4.22. The zero-order chi connectivity index (χ0) is 11.6. The largest absolute Gasteiger partial charge is 0.507 e. The molecule has 0 aromatic heterocycles. The number of nitrogens with two attached hydrogens (primary N) is 1. The van der Waals surface area contributed by atoms with Crippen LogP contribution in [0.15, 0.2) is 6.07 Å². The van der Waals surface area contributed by atoms with Crippen molar-refractivity contribution in [2.45, 2.75) is 12.8 Å². The minimum Gasteiger partial charge on any atom is -0.507 e. The molecule has 0 aliphatic rings. The summed E-state index contributed by atoms with van der Waals surface area (Å²) in [5.41, 5.74) is 5.17. The van der Waals surface area contributed by atoms with E-state index in [1.165, 1.54) is 0 Å². The SMILES string of the molecule is N=C(N)CCc1c(O)cc(O)c(O)c1O. The van der Waals surface area contributed by atoms with Crippen LogP contribution in [0.3, 0.4) is 0 Å². The maximum absolute atomic E-state index is 9.39. The van der Waals surface area contributed by atoms with Gasteiger partial charge in [-0.15, -0.1) is 0 Å². The number of rotatable bonds is 3. The van der Waals surface area contributed by atoms with Gasteiger partial charge in [0.25, 0.3) is 0 Å². The van der Waals surface area contributed by atoms with Crippen molar-refractivity contribution in [2.75, 3.05) is 0 Å². The number of aromatic hydroxyl groups is 4. The van der Waals surface area contributed by atoms with E-state index in [2.05, 4.69) is 0 Å².